The smallest absolute Gasteiger partial charge is 0.162 e. The molecule has 1 heterocycles. The van der Waals surface area contributed by atoms with E-state index in [2.05, 4.69) is 26.1 Å². The van der Waals surface area contributed by atoms with Crippen molar-refractivity contribution in [3.05, 3.63) is 79.2 Å². The van der Waals surface area contributed by atoms with Crippen molar-refractivity contribution in [3.63, 3.8) is 0 Å². The number of halogens is 4. The lowest BCUT2D eigenvalue weighted by Gasteiger charge is -2.29. The summed E-state index contributed by atoms with van der Waals surface area (Å²) in [5, 5.41) is 5.29. The van der Waals surface area contributed by atoms with Crippen LogP contribution in [0, 0.1) is 0 Å². The third kappa shape index (κ3) is 6.23. The highest BCUT2D eigenvalue weighted by atomic mass is 79.9. The van der Waals surface area contributed by atoms with Gasteiger partial charge in [0, 0.05) is 45.4 Å². The van der Waals surface area contributed by atoms with Gasteiger partial charge < -0.3 is 24.4 Å². The first-order valence-corrected chi connectivity index (χ1v) is 12.7. The van der Waals surface area contributed by atoms with E-state index in [4.69, 9.17) is 49.0 Å². The molecule has 0 aliphatic carbocycles. The van der Waals surface area contributed by atoms with E-state index in [1.54, 1.807) is 19.2 Å². The molecule has 0 bridgehead atoms. The molecule has 1 saturated heterocycles. The summed E-state index contributed by atoms with van der Waals surface area (Å²) in [7, 11) is 1.62. The Balaban J connectivity index is 1.42. The van der Waals surface area contributed by atoms with E-state index in [0.29, 0.717) is 39.7 Å². The first-order valence-electron chi connectivity index (χ1n) is 10.7. The van der Waals surface area contributed by atoms with Crippen LogP contribution in [0.25, 0.3) is 0 Å². The largest absolute Gasteiger partial charge is 0.493 e. The van der Waals surface area contributed by atoms with Gasteiger partial charge in [-0.25, -0.2) is 0 Å². The molecule has 0 radical (unpaired) electrons. The highest BCUT2D eigenvalue weighted by molar-refractivity contribution is 9.10. The van der Waals surface area contributed by atoms with Crippen LogP contribution in [0.2, 0.25) is 15.1 Å². The molecule has 1 N–H and O–H groups in total. The second-order valence-electron chi connectivity index (χ2n) is 7.74. The number of nitrogens with zero attached hydrogens (tertiary/aromatic N) is 1. The molecule has 0 amide bonds. The van der Waals surface area contributed by atoms with Crippen molar-refractivity contribution < 1.29 is 14.2 Å². The minimum absolute atomic E-state index is 0.296. The lowest BCUT2D eigenvalue weighted by molar-refractivity contribution is 0.122. The van der Waals surface area contributed by atoms with Crippen molar-refractivity contribution in [3.8, 4) is 11.5 Å². The average Bonchev–Trinajstić information content (AvgIpc) is 2.83. The molecule has 0 unspecified atom stereocenters. The summed E-state index contributed by atoms with van der Waals surface area (Å²) in [6.07, 6.45) is 0. The normalized spacial score (nSPS) is 13.6. The molecule has 0 atom stereocenters. The number of methoxy groups -OCH3 is 1. The van der Waals surface area contributed by atoms with Crippen molar-refractivity contribution in [1.82, 2.24) is 0 Å². The van der Waals surface area contributed by atoms with Crippen LogP contribution in [-0.2, 0) is 17.9 Å². The van der Waals surface area contributed by atoms with E-state index in [1.807, 2.05) is 36.4 Å². The van der Waals surface area contributed by atoms with Crippen LogP contribution in [0.3, 0.4) is 0 Å². The zero-order chi connectivity index (χ0) is 24.1. The first-order chi connectivity index (χ1) is 16.4. The van der Waals surface area contributed by atoms with Crippen LogP contribution in [0.15, 0.2) is 53.0 Å². The number of hydrogen-bond acceptors (Lipinski definition) is 5. The van der Waals surface area contributed by atoms with Crippen LogP contribution >= 0.6 is 50.7 Å². The Morgan fingerprint density at radius 3 is 2.44 bits per heavy atom. The SMILES string of the molecule is COc1cc(CNc2ccc(N3CCOCC3)c(Cl)c2)c(Br)cc1OCc1ccc(Cl)cc1Cl. The van der Waals surface area contributed by atoms with Gasteiger partial charge in [0.15, 0.2) is 11.5 Å². The van der Waals surface area contributed by atoms with Crippen LogP contribution in [0.5, 0.6) is 11.5 Å². The van der Waals surface area contributed by atoms with Gasteiger partial charge in [-0.05, 0) is 48.0 Å². The molecular weight excluding hydrogens is 563 g/mol. The summed E-state index contributed by atoms with van der Waals surface area (Å²) < 4.78 is 17.9. The molecular formula is C25H24BrCl3N2O3. The second-order valence-corrected chi connectivity index (χ2v) is 9.84. The van der Waals surface area contributed by atoms with E-state index in [1.165, 1.54) is 0 Å². The summed E-state index contributed by atoms with van der Waals surface area (Å²) in [5.41, 5.74) is 3.82. The maximum Gasteiger partial charge on any atom is 0.162 e. The second kappa shape index (κ2) is 11.7. The van der Waals surface area contributed by atoms with Crippen LogP contribution in [0.1, 0.15) is 11.1 Å². The fraction of sp³-hybridized carbons (Fsp3) is 0.280. The summed E-state index contributed by atoms with van der Waals surface area (Å²) in [6.45, 7) is 4.00. The summed E-state index contributed by atoms with van der Waals surface area (Å²) in [5.74, 6) is 1.24. The van der Waals surface area contributed by atoms with E-state index in [9.17, 15) is 0 Å². The molecule has 34 heavy (non-hydrogen) atoms. The van der Waals surface area contributed by atoms with Crippen molar-refractivity contribution >= 4 is 62.1 Å². The molecule has 0 spiro atoms. The van der Waals surface area contributed by atoms with Gasteiger partial charge in [-0.15, -0.1) is 0 Å². The number of nitrogens with one attached hydrogen (secondary N) is 1. The molecule has 3 aromatic rings. The van der Waals surface area contributed by atoms with E-state index in [-0.39, 0.29) is 0 Å². The zero-order valence-corrected chi connectivity index (χ0v) is 22.4. The van der Waals surface area contributed by atoms with Crippen molar-refractivity contribution in [2.24, 2.45) is 0 Å². The topological polar surface area (TPSA) is 43.0 Å². The average molecular weight is 587 g/mol. The van der Waals surface area contributed by atoms with E-state index >= 15 is 0 Å². The quantitative estimate of drug-likeness (QED) is 0.297. The Labute approximate surface area is 223 Å². The molecule has 3 aromatic carbocycles. The number of benzene rings is 3. The standard InChI is InChI=1S/C25H24BrCl3N2O3/c1-32-24-10-17(20(26)13-25(24)34-15-16-2-3-18(27)11-21(16)28)14-30-19-4-5-23(22(29)12-19)31-6-8-33-9-7-31/h2-5,10-13,30H,6-9,14-15H2,1H3. The van der Waals surface area contributed by atoms with Gasteiger partial charge in [-0.1, -0.05) is 56.8 Å². The number of rotatable bonds is 8. The van der Waals surface area contributed by atoms with Crippen LogP contribution in [-0.4, -0.2) is 33.4 Å². The summed E-state index contributed by atoms with van der Waals surface area (Å²) in [6, 6.07) is 15.2. The molecule has 0 aromatic heterocycles. The highest BCUT2D eigenvalue weighted by Gasteiger charge is 2.15. The van der Waals surface area contributed by atoms with Gasteiger partial charge in [-0.2, -0.15) is 0 Å². The third-order valence-electron chi connectivity index (χ3n) is 5.51. The molecule has 9 heteroatoms. The van der Waals surface area contributed by atoms with E-state index < -0.39 is 0 Å². The van der Waals surface area contributed by atoms with Gasteiger partial charge >= 0.3 is 0 Å². The maximum atomic E-state index is 6.56. The minimum Gasteiger partial charge on any atom is -0.493 e. The van der Waals surface area contributed by atoms with Gasteiger partial charge in [-0.3, -0.25) is 0 Å². The molecule has 0 saturated carbocycles. The molecule has 1 aliphatic heterocycles. The van der Waals surface area contributed by atoms with Crippen molar-refractivity contribution in [2.45, 2.75) is 13.2 Å². The zero-order valence-electron chi connectivity index (χ0n) is 18.5. The number of ether oxygens (including phenoxy) is 3. The van der Waals surface area contributed by atoms with Gasteiger partial charge in [0.05, 0.1) is 31.0 Å². The molecule has 4 rings (SSSR count). The van der Waals surface area contributed by atoms with Crippen molar-refractivity contribution in [1.29, 1.82) is 0 Å². The Bertz CT molecular complexity index is 1160. The lowest BCUT2D eigenvalue weighted by atomic mass is 10.2. The summed E-state index contributed by atoms with van der Waals surface area (Å²) in [4.78, 5) is 2.24. The predicted octanol–water partition coefficient (Wildman–Crippen LogP) is 7.45. The third-order valence-corrected chi connectivity index (χ3v) is 7.14. The monoisotopic (exact) mass is 584 g/mol. The molecule has 1 aliphatic rings. The Kier molecular flexibility index (Phi) is 8.72. The van der Waals surface area contributed by atoms with Gasteiger partial charge in [0.25, 0.3) is 0 Å². The van der Waals surface area contributed by atoms with Gasteiger partial charge in [0.1, 0.15) is 6.61 Å². The van der Waals surface area contributed by atoms with Crippen LogP contribution < -0.4 is 19.7 Å². The van der Waals surface area contributed by atoms with E-state index in [0.717, 1.165) is 53.3 Å². The first kappa shape index (κ1) is 25.3. The number of morpholine rings is 1. The molecule has 5 nitrogen and oxygen atoms in total. The number of anilines is 2. The Hall–Kier alpha value is -1.83. The number of hydrogen-bond donors (Lipinski definition) is 1. The Morgan fingerprint density at radius 2 is 1.74 bits per heavy atom. The lowest BCUT2D eigenvalue weighted by Crippen LogP contribution is -2.36. The fourth-order valence-electron chi connectivity index (χ4n) is 3.65. The van der Waals surface area contributed by atoms with Crippen LogP contribution in [0.4, 0.5) is 11.4 Å². The summed E-state index contributed by atoms with van der Waals surface area (Å²) >= 11 is 22.4. The molecule has 180 valence electrons. The van der Waals surface area contributed by atoms with Gasteiger partial charge in [0.2, 0.25) is 0 Å². The maximum absolute atomic E-state index is 6.56. The Morgan fingerprint density at radius 1 is 0.941 bits per heavy atom. The van der Waals surface area contributed by atoms with Crippen molar-refractivity contribution in [2.75, 3.05) is 43.6 Å². The molecule has 1 fully saturated rings. The minimum atomic E-state index is 0.296. The predicted molar refractivity (Wildman–Crippen MR) is 143 cm³/mol. The fourth-order valence-corrected chi connectivity index (χ4v) is 4.88. The highest BCUT2D eigenvalue weighted by Crippen LogP contribution is 2.36.